The zero-order chi connectivity index (χ0) is 6.97. The van der Waals surface area contributed by atoms with Crippen molar-refractivity contribution in [1.82, 2.24) is 4.98 Å². The van der Waals surface area contributed by atoms with Gasteiger partial charge in [0.2, 0.25) is 0 Å². The Hall–Kier alpha value is -1.24. The summed E-state index contributed by atoms with van der Waals surface area (Å²) in [5, 5.41) is 1.32. The average Bonchev–Trinajstić information content (AvgIpc) is 2.34. The minimum absolute atomic E-state index is 0. The number of nitrogens with one attached hydrogen (secondary N) is 1. The van der Waals surface area contributed by atoms with E-state index in [1.807, 2.05) is 12.3 Å². The number of aryl methyl sites for hydroxylation is 1. The summed E-state index contributed by atoms with van der Waals surface area (Å²) in [7, 11) is 0. The van der Waals surface area contributed by atoms with Gasteiger partial charge in [0.25, 0.3) is 0 Å². The van der Waals surface area contributed by atoms with Crippen LogP contribution in [0.4, 0.5) is 0 Å². The molecular formula is C10H13N. The fraction of sp³-hybridized carbons (Fsp3) is 0.200. The van der Waals surface area contributed by atoms with Gasteiger partial charge in [0.1, 0.15) is 0 Å². The molecule has 0 saturated carbocycles. The maximum absolute atomic E-state index is 3.19. The molecule has 0 spiro atoms. The third-order valence-corrected chi connectivity index (χ3v) is 1.80. The molecule has 1 heteroatoms. The Morgan fingerprint density at radius 3 is 2.64 bits per heavy atom. The van der Waals surface area contributed by atoms with Crippen LogP contribution in [-0.2, 0) is 0 Å². The van der Waals surface area contributed by atoms with Crippen LogP contribution in [0.2, 0.25) is 0 Å². The summed E-state index contributed by atoms with van der Waals surface area (Å²) in [6, 6.07) is 8.31. The second-order valence-corrected chi connectivity index (χ2v) is 2.52. The molecule has 2 aromatic rings. The second kappa shape index (κ2) is 2.79. The predicted molar refractivity (Wildman–Crippen MR) is 49.8 cm³/mol. The number of para-hydroxylation sites is 1. The van der Waals surface area contributed by atoms with Crippen LogP contribution in [0.5, 0.6) is 0 Å². The van der Waals surface area contributed by atoms with Gasteiger partial charge in [0.05, 0.1) is 0 Å². The highest BCUT2D eigenvalue weighted by molar-refractivity contribution is 5.82. The molecule has 0 aliphatic heterocycles. The van der Waals surface area contributed by atoms with Crippen LogP contribution in [0.25, 0.3) is 10.9 Å². The van der Waals surface area contributed by atoms with Crippen molar-refractivity contribution >= 4 is 10.9 Å². The van der Waals surface area contributed by atoms with Crippen molar-refractivity contribution in [1.29, 1.82) is 0 Å². The molecule has 0 aliphatic rings. The van der Waals surface area contributed by atoms with Gasteiger partial charge in [-0.1, -0.05) is 25.6 Å². The number of H-pyrrole nitrogens is 1. The minimum Gasteiger partial charge on any atom is -0.361 e. The van der Waals surface area contributed by atoms with Gasteiger partial charge < -0.3 is 4.98 Å². The lowest BCUT2D eigenvalue weighted by Gasteiger charge is -1.86. The van der Waals surface area contributed by atoms with E-state index in [2.05, 4.69) is 30.1 Å². The number of aromatic amines is 1. The lowest BCUT2D eigenvalue weighted by Crippen LogP contribution is -1.64. The van der Waals surface area contributed by atoms with Crippen molar-refractivity contribution < 1.29 is 0 Å². The van der Waals surface area contributed by atoms with Crippen molar-refractivity contribution in [2.75, 3.05) is 0 Å². The first-order valence-electron chi connectivity index (χ1n) is 3.40. The maximum Gasteiger partial charge on any atom is 0.0456 e. The van der Waals surface area contributed by atoms with Gasteiger partial charge >= 0.3 is 0 Å². The van der Waals surface area contributed by atoms with E-state index in [0.717, 1.165) is 0 Å². The fourth-order valence-electron chi connectivity index (χ4n) is 1.22. The second-order valence-electron chi connectivity index (χ2n) is 2.52. The molecular weight excluding hydrogens is 134 g/mol. The molecule has 11 heavy (non-hydrogen) atoms. The van der Waals surface area contributed by atoms with Crippen LogP contribution in [0.3, 0.4) is 0 Å². The Morgan fingerprint density at radius 1 is 1.18 bits per heavy atom. The predicted octanol–water partition coefficient (Wildman–Crippen LogP) is 3.11. The number of hydrogen-bond acceptors (Lipinski definition) is 0. The lowest BCUT2D eigenvalue weighted by molar-refractivity contribution is 1.43. The first kappa shape index (κ1) is 7.86. The van der Waals surface area contributed by atoms with Crippen LogP contribution in [-0.4, -0.2) is 4.98 Å². The van der Waals surface area contributed by atoms with Gasteiger partial charge in [-0.2, -0.15) is 0 Å². The smallest absolute Gasteiger partial charge is 0.0456 e. The molecule has 0 aliphatic carbocycles. The third-order valence-electron chi connectivity index (χ3n) is 1.80. The Kier molecular flexibility index (Phi) is 1.99. The van der Waals surface area contributed by atoms with E-state index >= 15 is 0 Å². The summed E-state index contributed by atoms with van der Waals surface area (Å²) in [4.78, 5) is 3.19. The molecule has 0 radical (unpaired) electrons. The van der Waals surface area contributed by atoms with E-state index < -0.39 is 0 Å². The van der Waals surface area contributed by atoms with Crippen LogP contribution in [0, 0.1) is 6.92 Å². The van der Waals surface area contributed by atoms with Gasteiger partial charge in [-0.25, -0.2) is 0 Å². The molecule has 0 atom stereocenters. The van der Waals surface area contributed by atoms with Gasteiger partial charge in [-0.15, -0.1) is 0 Å². The largest absolute Gasteiger partial charge is 0.361 e. The van der Waals surface area contributed by atoms with Crippen LogP contribution < -0.4 is 0 Å². The van der Waals surface area contributed by atoms with Gasteiger partial charge in [-0.05, 0) is 18.6 Å². The standard InChI is InChI=1S/C9H9N.CH4/c1-7-6-10-9-5-3-2-4-8(7)9;/h2-6,10H,1H3;1H4. The van der Waals surface area contributed by atoms with E-state index in [-0.39, 0.29) is 7.43 Å². The highest BCUT2D eigenvalue weighted by Gasteiger charge is 1.94. The average molecular weight is 147 g/mol. The number of fused-ring (bicyclic) bond motifs is 1. The van der Waals surface area contributed by atoms with Crippen LogP contribution in [0.15, 0.2) is 30.5 Å². The van der Waals surface area contributed by atoms with Crippen molar-refractivity contribution in [3.8, 4) is 0 Å². The molecule has 0 bridgehead atoms. The minimum atomic E-state index is 0. The molecule has 1 aromatic carbocycles. The number of rotatable bonds is 0. The van der Waals surface area contributed by atoms with Crippen LogP contribution >= 0.6 is 0 Å². The number of hydrogen-bond donors (Lipinski definition) is 1. The molecule has 0 fully saturated rings. The molecule has 2 rings (SSSR count). The first-order valence-corrected chi connectivity index (χ1v) is 3.40. The summed E-state index contributed by atoms with van der Waals surface area (Å²) < 4.78 is 0. The zero-order valence-electron chi connectivity index (χ0n) is 5.89. The van der Waals surface area contributed by atoms with E-state index in [9.17, 15) is 0 Å². The van der Waals surface area contributed by atoms with Crippen molar-refractivity contribution in [3.63, 3.8) is 0 Å². The fourth-order valence-corrected chi connectivity index (χ4v) is 1.22. The Labute approximate surface area is 67.1 Å². The summed E-state index contributed by atoms with van der Waals surface area (Å²) in [5.41, 5.74) is 2.54. The van der Waals surface area contributed by atoms with Gasteiger partial charge in [-0.3, -0.25) is 0 Å². The monoisotopic (exact) mass is 147 g/mol. The highest BCUT2D eigenvalue weighted by atomic mass is 14.7. The molecule has 1 N–H and O–H groups in total. The molecule has 0 amide bonds. The third kappa shape index (κ3) is 1.14. The highest BCUT2D eigenvalue weighted by Crippen LogP contribution is 2.15. The molecule has 0 saturated heterocycles. The quantitative estimate of drug-likeness (QED) is 0.589. The topological polar surface area (TPSA) is 15.8 Å². The SMILES string of the molecule is C.Cc1c[nH]c2ccccc12. The normalized spacial score (nSPS) is 9.55. The Morgan fingerprint density at radius 2 is 1.91 bits per heavy atom. The molecule has 1 heterocycles. The van der Waals surface area contributed by atoms with E-state index in [4.69, 9.17) is 0 Å². The summed E-state index contributed by atoms with van der Waals surface area (Å²) in [5.74, 6) is 0. The van der Waals surface area contributed by atoms with Crippen molar-refractivity contribution in [2.24, 2.45) is 0 Å². The van der Waals surface area contributed by atoms with Crippen LogP contribution in [0.1, 0.15) is 13.0 Å². The number of aromatic nitrogens is 1. The van der Waals surface area contributed by atoms with Crippen molar-refractivity contribution in [3.05, 3.63) is 36.0 Å². The van der Waals surface area contributed by atoms with E-state index in [0.29, 0.717) is 0 Å². The Bertz CT molecular complexity index is 346. The Balaban J connectivity index is 0.000000605. The summed E-state index contributed by atoms with van der Waals surface area (Å²) >= 11 is 0. The summed E-state index contributed by atoms with van der Waals surface area (Å²) in [6.07, 6.45) is 2.03. The van der Waals surface area contributed by atoms with E-state index in [1.165, 1.54) is 16.5 Å². The van der Waals surface area contributed by atoms with Gasteiger partial charge in [0.15, 0.2) is 0 Å². The zero-order valence-corrected chi connectivity index (χ0v) is 5.89. The lowest BCUT2D eigenvalue weighted by atomic mass is 10.2. The maximum atomic E-state index is 3.19. The van der Waals surface area contributed by atoms with Crippen molar-refractivity contribution in [2.45, 2.75) is 14.4 Å². The summed E-state index contributed by atoms with van der Waals surface area (Å²) in [6.45, 7) is 2.11. The van der Waals surface area contributed by atoms with E-state index in [1.54, 1.807) is 0 Å². The molecule has 0 unspecified atom stereocenters. The molecule has 1 nitrogen and oxygen atoms in total. The first-order chi connectivity index (χ1) is 4.88. The van der Waals surface area contributed by atoms with Gasteiger partial charge in [0, 0.05) is 17.1 Å². The molecule has 1 aromatic heterocycles. The molecule has 58 valence electrons. The number of benzene rings is 1.